The number of carbonyl (C=O) groups is 2. The molecule has 0 saturated heterocycles. The van der Waals surface area contributed by atoms with E-state index in [1.165, 1.54) is 30.7 Å². The Morgan fingerprint density at radius 3 is 1.00 bits per heavy atom. The molecule has 0 rings (SSSR count). The van der Waals surface area contributed by atoms with Gasteiger partial charge in [0.15, 0.2) is 0 Å². The van der Waals surface area contributed by atoms with Crippen LogP contribution in [0.5, 0.6) is 0 Å². The van der Waals surface area contributed by atoms with E-state index in [2.05, 4.69) is 39.2 Å². The molecule has 0 aliphatic rings. The molecule has 0 heterocycles. The van der Waals surface area contributed by atoms with E-state index in [1.807, 2.05) is 0 Å². The second-order valence-corrected chi connectivity index (χ2v) is 3.34. The van der Waals surface area contributed by atoms with E-state index < -0.39 is 11.8 Å². The lowest BCUT2D eigenvalue weighted by molar-refractivity contribution is -0.921. The highest BCUT2D eigenvalue weighted by Gasteiger charge is 2.16. The van der Waals surface area contributed by atoms with Crippen LogP contribution in [-0.4, -0.2) is 42.5 Å². The molecule has 4 N–H and O–H groups in total. The van der Waals surface area contributed by atoms with Crippen molar-refractivity contribution < 1.29 is 14.1 Å². The second-order valence-electron chi connectivity index (χ2n) is 3.34. The molecule has 0 saturated carbocycles. The fourth-order valence-corrected chi connectivity index (χ4v) is 1.34. The number of hydrogen-bond donors (Lipinski definition) is 2. The van der Waals surface area contributed by atoms with Gasteiger partial charge in [0.05, 0.1) is 26.2 Å². The first-order valence-corrected chi connectivity index (χ1v) is 5.33. The Hall–Kier alpha value is -1.10. The average molecular weight is 218 g/mol. The minimum atomic E-state index is -1.10. The fourth-order valence-electron chi connectivity index (χ4n) is 1.34. The van der Waals surface area contributed by atoms with Crippen LogP contribution >= 0.6 is 0 Å². The average Bonchev–Trinajstić information content (AvgIpc) is 2.23. The highest BCUT2D eigenvalue weighted by Crippen LogP contribution is 2.03. The molecule has 0 aromatic heterocycles. The molecule has 0 spiro atoms. The van der Waals surface area contributed by atoms with E-state index >= 15 is 0 Å². The SMILES string of the molecule is CC[N+](CC)(CC)CC.NC(=O)C(N)=O. The molecule has 0 atom stereocenters. The molecular weight excluding hydrogens is 194 g/mol. The van der Waals surface area contributed by atoms with E-state index in [1.54, 1.807) is 0 Å². The number of carbonyl (C=O) groups excluding carboxylic acids is 2. The maximum Gasteiger partial charge on any atom is 0.306 e. The predicted octanol–water partition coefficient (Wildman–Crippen LogP) is -0.160. The smallest absolute Gasteiger partial charge is 0.306 e. The van der Waals surface area contributed by atoms with Crippen molar-refractivity contribution in [2.45, 2.75) is 27.7 Å². The molecule has 15 heavy (non-hydrogen) atoms. The van der Waals surface area contributed by atoms with Gasteiger partial charge in [-0.25, -0.2) is 0 Å². The van der Waals surface area contributed by atoms with Gasteiger partial charge in [-0.1, -0.05) is 0 Å². The third-order valence-electron chi connectivity index (χ3n) is 2.93. The Morgan fingerprint density at radius 2 is 1.00 bits per heavy atom. The van der Waals surface area contributed by atoms with Crippen LogP contribution in [0, 0.1) is 0 Å². The third kappa shape index (κ3) is 6.90. The van der Waals surface area contributed by atoms with Gasteiger partial charge < -0.3 is 16.0 Å². The number of hydrogen-bond acceptors (Lipinski definition) is 2. The summed E-state index contributed by atoms with van der Waals surface area (Å²) in [6.07, 6.45) is 0. The molecule has 90 valence electrons. The summed E-state index contributed by atoms with van der Waals surface area (Å²) in [7, 11) is 0. The van der Waals surface area contributed by atoms with Gasteiger partial charge in [-0.3, -0.25) is 9.59 Å². The Bertz CT molecular complexity index is 171. The summed E-state index contributed by atoms with van der Waals surface area (Å²) in [5.41, 5.74) is 8.64. The summed E-state index contributed by atoms with van der Waals surface area (Å²) in [4.78, 5) is 18.9. The number of nitrogens with zero attached hydrogens (tertiary/aromatic N) is 1. The van der Waals surface area contributed by atoms with Crippen molar-refractivity contribution in [2.24, 2.45) is 11.5 Å². The van der Waals surface area contributed by atoms with Gasteiger partial charge >= 0.3 is 11.8 Å². The normalized spacial score (nSPS) is 10.1. The molecule has 0 aliphatic heterocycles. The van der Waals surface area contributed by atoms with Crippen molar-refractivity contribution in [2.75, 3.05) is 26.2 Å². The van der Waals surface area contributed by atoms with E-state index in [0.29, 0.717) is 0 Å². The maximum atomic E-state index is 9.45. The Kier molecular flexibility index (Phi) is 8.96. The third-order valence-corrected chi connectivity index (χ3v) is 2.93. The molecule has 0 bridgehead atoms. The van der Waals surface area contributed by atoms with Crippen molar-refractivity contribution >= 4 is 11.8 Å². The lowest BCUT2D eigenvalue weighted by Gasteiger charge is -2.34. The second kappa shape index (κ2) is 8.23. The fraction of sp³-hybridized carbons (Fsp3) is 0.800. The van der Waals surface area contributed by atoms with Gasteiger partial charge in [-0.05, 0) is 27.7 Å². The molecule has 0 fully saturated rings. The van der Waals surface area contributed by atoms with Crippen molar-refractivity contribution in [3.63, 3.8) is 0 Å². The highest BCUT2D eigenvalue weighted by atomic mass is 16.2. The van der Waals surface area contributed by atoms with Crippen molar-refractivity contribution in [3.05, 3.63) is 0 Å². The first-order valence-electron chi connectivity index (χ1n) is 5.33. The molecule has 5 heteroatoms. The van der Waals surface area contributed by atoms with E-state index in [9.17, 15) is 9.59 Å². The summed E-state index contributed by atoms with van der Waals surface area (Å²) in [6, 6.07) is 0. The van der Waals surface area contributed by atoms with E-state index in [-0.39, 0.29) is 0 Å². The van der Waals surface area contributed by atoms with E-state index in [4.69, 9.17) is 0 Å². The zero-order valence-corrected chi connectivity index (χ0v) is 10.2. The zero-order chi connectivity index (χ0) is 12.5. The first kappa shape index (κ1) is 16.3. The maximum absolute atomic E-state index is 9.45. The highest BCUT2D eigenvalue weighted by molar-refractivity contribution is 6.33. The topological polar surface area (TPSA) is 86.2 Å². The number of primary amides is 2. The molecule has 2 amide bonds. The quantitative estimate of drug-likeness (QED) is 0.507. The predicted molar refractivity (Wildman–Crippen MR) is 60.8 cm³/mol. The van der Waals surface area contributed by atoms with Crippen LogP contribution in [-0.2, 0) is 9.59 Å². The molecular formula is C10H24N3O2+. The van der Waals surface area contributed by atoms with Gasteiger partial charge in [0, 0.05) is 0 Å². The summed E-state index contributed by atoms with van der Waals surface area (Å²) >= 11 is 0. The minimum absolute atomic E-state index is 1.10. The van der Waals surface area contributed by atoms with E-state index in [0.717, 1.165) is 0 Å². The number of nitrogens with two attached hydrogens (primary N) is 2. The van der Waals surface area contributed by atoms with Crippen molar-refractivity contribution in [3.8, 4) is 0 Å². The van der Waals surface area contributed by atoms with Gasteiger partial charge in [0.25, 0.3) is 0 Å². The van der Waals surface area contributed by atoms with Gasteiger partial charge in [-0.15, -0.1) is 0 Å². The Morgan fingerprint density at radius 1 is 0.800 bits per heavy atom. The summed E-state index contributed by atoms with van der Waals surface area (Å²) in [5, 5.41) is 0. The first-order chi connectivity index (χ1) is 6.89. The molecule has 0 unspecified atom stereocenters. The van der Waals surface area contributed by atoms with Crippen LogP contribution in [0.25, 0.3) is 0 Å². The molecule has 0 aliphatic carbocycles. The van der Waals surface area contributed by atoms with Gasteiger partial charge in [0.1, 0.15) is 0 Å². The molecule has 0 radical (unpaired) electrons. The largest absolute Gasteiger partial charge is 0.361 e. The lowest BCUT2D eigenvalue weighted by Crippen LogP contribution is -2.47. The summed E-state index contributed by atoms with van der Waals surface area (Å²) < 4.78 is 1.28. The standard InChI is InChI=1S/C8H20N.C2H4N2O2/c1-5-9(6-2,7-3)8-4;3-1(5)2(4)6/h5-8H2,1-4H3;(H2,3,5)(H2,4,6)/q+1;. The van der Waals surface area contributed by atoms with Crippen molar-refractivity contribution in [1.29, 1.82) is 0 Å². The van der Waals surface area contributed by atoms with Crippen molar-refractivity contribution in [1.82, 2.24) is 0 Å². The molecule has 0 aromatic rings. The number of amides is 2. The Balaban J connectivity index is 0. The van der Waals surface area contributed by atoms with Gasteiger partial charge in [-0.2, -0.15) is 0 Å². The number of quaternary nitrogens is 1. The van der Waals surface area contributed by atoms with Crippen LogP contribution < -0.4 is 11.5 Å². The monoisotopic (exact) mass is 218 g/mol. The summed E-state index contributed by atoms with van der Waals surface area (Å²) in [5.74, 6) is -2.20. The zero-order valence-electron chi connectivity index (χ0n) is 10.2. The number of rotatable bonds is 4. The van der Waals surface area contributed by atoms with Crippen LogP contribution in [0.15, 0.2) is 0 Å². The van der Waals surface area contributed by atoms with Crippen LogP contribution in [0.3, 0.4) is 0 Å². The lowest BCUT2D eigenvalue weighted by atomic mass is 10.3. The minimum Gasteiger partial charge on any atom is -0.361 e. The van der Waals surface area contributed by atoms with Gasteiger partial charge in [0.2, 0.25) is 0 Å². The van der Waals surface area contributed by atoms with Crippen LogP contribution in [0.2, 0.25) is 0 Å². The van der Waals surface area contributed by atoms with Crippen LogP contribution in [0.4, 0.5) is 0 Å². The Labute approximate surface area is 92.0 Å². The summed E-state index contributed by atoms with van der Waals surface area (Å²) in [6.45, 7) is 14.2. The van der Waals surface area contributed by atoms with Crippen LogP contribution in [0.1, 0.15) is 27.7 Å². The molecule has 0 aromatic carbocycles. The molecule has 5 nitrogen and oxygen atoms in total.